The molecule has 0 saturated heterocycles. The van der Waals surface area contributed by atoms with Crippen LogP contribution in [0.4, 0.5) is 4.39 Å². The third kappa shape index (κ3) is 2.67. The first-order valence-corrected chi connectivity index (χ1v) is 5.16. The second-order valence-electron chi connectivity index (χ2n) is 3.45. The summed E-state index contributed by atoms with van der Waals surface area (Å²) in [4.78, 5) is 0. The average Bonchev–Trinajstić information content (AvgIpc) is 2.84. The lowest BCUT2D eigenvalue weighted by atomic mass is 10.1. The molecule has 2 aromatic rings. The van der Waals surface area contributed by atoms with Crippen LogP contribution in [0.5, 0.6) is 0 Å². The Balaban J connectivity index is 2.00. The molecule has 2 rings (SSSR count). The van der Waals surface area contributed by atoms with Crippen LogP contribution in [0.1, 0.15) is 5.56 Å². The summed E-state index contributed by atoms with van der Waals surface area (Å²) in [5.74, 6) is 0. The molecule has 84 valence electrons. The Morgan fingerprint density at radius 2 is 2.00 bits per heavy atom. The zero-order chi connectivity index (χ0) is 11.2. The SMILES string of the molecule is FCCNCc1ccc(-c2ccon2)cc1. The maximum atomic E-state index is 11.9. The highest BCUT2D eigenvalue weighted by atomic mass is 19.1. The Bertz CT molecular complexity index is 411. The molecule has 0 fully saturated rings. The van der Waals surface area contributed by atoms with Crippen LogP contribution in [-0.2, 0) is 6.54 Å². The van der Waals surface area contributed by atoms with Crippen LogP contribution < -0.4 is 5.32 Å². The van der Waals surface area contributed by atoms with Crippen molar-refractivity contribution < 1.29 is 8.91 Å². The van der Waals surface area contributed by atoms with Crippen LogP contribution in [0, 0.1) is 0 Å². The highest BCUT2D eigenvalue weighted by Crippen LogP contribution is 2.17. The molecule has 0 radical (unpaired) electrons. The second-order valence-corrected chi connectivity index (χ2v) is 3.45. The number of aromatic nitrogens is 1. The lowest BCUT2D eigenvalue weighted by Crippen LogP contribution is -2.15. The number of nitrogens with one attached hydrogen (secondary N) is 1. The van der Waals surface area contributed by atoms with Crippen molar-refractivity contribution >= 4 is 0 Å². The molecule has 0 atom stereocenters. The Hall–Kier alpha value is -1.68. The number of hydrogen-bond donors (Lipinski definition) is 1. The largest absolute Gasteiger partial charge is 0.364 e. The van der Waals surface area contributed by atoms with Gasteiger partial charge in [-0.05, 0) is 5.56 Å². The number of alkyl halides is 1. The number of benzene rings is 1. The molecule has 4 heteroatoms. The van der Waals surface area contributed by atoms with E-state index in [-0.39, 0.29) is 6.67 Å². The number of rotatable bonds is 5. The van der Waals surface area contributed by atoms with Crippen LogP contribution in [0.2, 0.25) is 0 Å². The van der Waals surface area contributed by atoms with Crippen LogP contribution in [0.15, 0.2) is 41.1 Å². The molecule has 0 aliphatic heterocycles. The summed E-state index contributed by atoms with van der Waals surface area (Å²) in [5, 5.41) is 6.85. The minimum Gasteiger partial charge on any atom is -0.364 e. The van der Waals surface area contributed by atoms with Gasteiger partial charge in [0.25, 0.3) is 0 Å². The van der Waals surface area contributed by atoms with E-state index < -0.39 is 0 Å². The monoisotopic (exact) mass is 220 g/mol. The highest BCUT2D eigenvalue weighted by Gasteiger charge is 2.00. The number of nitrogens with zero attached hydrogens (tertiary/aromatic N) is 1. The number of halogens is 1. The standard InChI is InChI=1S/C12H13FN2O/c13-6-7-14-9-10-1-3-11(4-2-10)12-5-8-16-15-12/h1-5,8,14H,6-7,9H2. The van der Waals surface area contributed by atoms with E-state index >= 15 is 0 Å². The molecule has 0 saturated carbocycles. The van der Waals surface area contributed by atoms with Gasteiger partial charge in [-0.15, -0.1) is 0 Å². The fourth-order valence-electron chi connectivity index (χ4n) is 1.45. The molecule has 1 N–H and O–H groups in total. The summed E-state index contributed by atoms with van der Waals surface area (Å²) in [5.41, 5.74) is 2.96. The first-order valence-electron chi connectivity index (χ1n) is 5.16. The fourth-order valence-corrected chi connectivity index (χ4v) is 1.45. The zero-order valence-corrected chi connectivity index (χ0v) is 8.82. The van der Waals surface area contributed by atoms with Gasteiger partial charge in [0.2, 0.25) is 0 Å². The van der Waals surface area contributed by atoms with Crippen molar-refractivity contribution in [3.05, 3.63) is 42.2 Å². The quantitative estimate of drug-likeness (QED) is 0.786. The Morgan fingerprint density at radius 3 is 2.62 bits per heavy atom. The van der Waals surface area contributed by atoms with E-state index in [0.717, 1.165) is 16.8 Å². The first kappa shape index (κ1) is 10.8. The van der Waals surface area contributed by atoms with E-state index in [0.29, 0.717) is 13.1 Å². The molecule has 0 spiro atoms. The molecule has 1 heterocycles. The summed E-state index contributed by atoms with van der Waals surface area (Å²) in [6.07, 6.45) is 1.55. The molecule has 16 heavy (non-hydrogen) atoms. The normalized spacial score (nSPS) is 10.6. The van der Waals surface area contributed by atoms with Crippen LogP contribution in [0.25, 0.3) is 11.3 Å². The second kappa shape index (κ2) is 5.42. The Kier molecular flexibility index (Phi) is 3.66. The van der Waals surface area contributed by atoms with Gasteiger partial charge in [0.05, 0.1) is 0 Å². The lowest BCUT2D eigenvalue weighted by Gasteiger charge is -2.03. The molecule has 3 nitrogen and oxygen atoms in total. The molecule has 1 aromatic heterocycles. The Morgan fingerprint density at radius 1 is 1.19 bits per heavy atom. The third-order valence-corrected chi connectivity index (χ3v) is 2.29. The fraction of sp³-hybridized carbons (Fsp3) is 0.250. The summed E-state index contributed by atoms with van der Waals surface area (Å²) in [6.45, 7) is 0.741. The summed E-state index contributed by atoms with van der Waals surface area (Å²) in [7, 11) is 0. The predicted molar refractivity (Wildman–Crippen MR) is 59.6 cm³/mol. The van der Waals surface area contributed by atoms with Crippen molar-refractivity contribution in [1.82, 2.24) is 10.5 Å². The summed E-state index contributed by atoms with van der Waals surface area (Å²) >= 11 is 0. The first-order chi connectivity index (χ1) is 7.90. The molecule has 0 aliphatic rings. The van der Waals surface area contributed by atoms with Crippen molar-refractivity contribution in [1.29, 1.82) is 0 Å². The van der Waals surface area contributed by atoms with Crippen molar-refractivity contribution in [2.75, 3.05) is 13.2 Å². The maximum absolute atomic E-state index is 11.9. The van der Waals surface area contributed by atoms with Crippen molar-refractivity contribution in [2.24, 2.45) is 0 Å². The van der Waals surface area contributed by atoms with E-state index in [4.69, 9.17) is 4.52 Å². The topological polar surface area (TPSA) is 38.1 Å². The van der Waals surface area contributed by atoms with Crippen molar-refractivity contribution in [2.45, 2.75) is 6.54 Å². The van der Waals surface area contributed by atoms with E-state index in [9.17, 15) is 4.39 Å². The zero-order valence-electron chi connectivity index (χ0n) is 8.82. The average molecular weight is 220 g/mol. The van der Waals surface area contributed by atoms with E-state index in [2.05, 4.69) is 10.5 Å². The van der Waals surface area contributed by atoms with Gasteiger partial charge in [-0.3, -0.25) is 0 Å². The number of hydrogen-bond acceptors (Lipinski definition) is 3. The minimum atomic E-state index is -0.336. The predicted octanol–water partition coefficient (Wildman–Crippen LogP) is 2.40. The molecule has 0 amide bonds. The molecular formula is C12H13FN2O. The van der Waals surface area contributed by atoms with E-state index in [1.807, 2.05) is 30.3 Å². The molecule has 1 aromatic carbocycles. The van der Waals surface area contributed by atoms with E-state index in [1.165, 1.54) is 0 Å². The van der Waals surface area contributed by atoms with Gasteiger partial charge in [-0.25, -0.2) is 4.39 Å². The molecule has 0 unspecified atom stereocenters. The van der Waals surface area contributed by atoms with Gasteiger partial charge in [0.15, 0.2) is 0 Å². The van der Waals surface area contributed by atoms with Gasteiger partial charge in [0.1, 0.15) is 18.6 Å². The van der Waals surface area contributed by atoms with Gasteiger partial charge >= 0.3 is 0 Å². The minimum absolute atomic E-state index is 0.336. The smallest absolute Gasteiger partial charge is 0.124 e. The third-order valence-electron chi connectivity index (χ3n) is 2.29. The lowest BCUT2D eigenvalue weighted by molar-refractivity contribution is 0.422. The van der Waals surface area contributed by atoms with Crippen LogP contribution in [0.3, 0.4) is 0 Å². The van der Waals surface area contributed by atoms with E-state index in [1.54, 1.807) is 6.26 Å². The maximum Gasteiger partial charge on any atom is 0.124 e. The van der Waals surface area contributed by atoms with Crippen molar-refractivity contribution in [3.63, 3.8) is 0 Å². The highest BCUT2D eigenvalue weighted by molar-refractivity contribution is 5.58. The van der Waals surface area contributed by atoms with Gasteiger partial charge < -0.3 is 9.84 Å². The summed E-state index contributed by atoms with van der Waals surface area (Å²) < 4.78 is 16.6. The van der Waals surface area contributed by atoms with Crippen molar-refractivity contribution in [3.8, 4) is 11.3 Å². The molecule has 0 aliphatic carbocycles. The Labute approximate surface area is 93.3 Å². The van der Waals surface area contributed by atoms with Gasteiger partial charge in [-0.2, -0.15) is 0 Å². The van der Waals surface area contributed by atoms with Gasteiger partial charge in [-0.1, -0.05) is 29.4 Å². The van der Waals surface area contributed by atoms with Crippen LogP contribution >= 0.6 is 0 Å². The molecular weight excluding hydrogens is 207 g/mol. The van der Waals surface area contributed by atoms with Gasteiger partial charge in [0, 0.05) is 24.7 Å². The van der Waals surface area contributed by atoms with Crippen LogP contribution in [-0.4, -0.2) is 18.4 Å². The summed E-state index contributed by atoms with van der Waals surface area (Å²) in [6, 6.07) is 9.76. The molecule has 0 bridgehead atoms.